The predicted molar refractivity (Wildman–Crippen MR) is 141 cm³/mol. The predicted octanol–water partition coefficient (Wildman–Crippen LogP) is 5.97. The molecule has 0 bridgehead atoms. The molecule has 198 valence electrons. The molecule has 1 unspecified atom stereocenters. The molecule has 2 aliphatic heterocycles. The van der Waals surface area contributed by atoms with Crippen LogP contribution in [-0.4, -0.2) is 35.7 Å². The van der Waals surface area contributed by atoms with Crippen molar-refractivity contribution in [2.45, 2.75) is 52.3 Å². The minimum Gasteiger partial charge on any atom is -0.362 e. The normalized spacial score (nSPS) is 18.2. The van der Waals surface area contributed by atoms with E-state index in [9.17, 15) is 18.0 Å². The number of carbonyl (C=O) groups excluding carboxylic acids is 1. The highest BCUT2D eigenvalue weighted by molar-refractivity contribution is 6.03. The summed E-state index contributed by atoms with van der Waals surface area (Å²) < 4.78 is 40.3. The fourth-order valence-corrected chi connectivity index (χ4v) is 5.70. The van der Waals surface area contributed by atoms with Crippen LogP contribution in [0.5, 0.6) is 0 Å². The third-order valence-corrected chi connectivity index (χ3v) is 7.83. The summed E-state index contributed by atoms with van der Waals surface area (Å²) >= 11 is 0. The quantitative estimate of drug-likeness (QED) is 0.432. The number of rotatable bonds is 4. The molecule has 10 heteroatoms. The number of benzene rings is 2. The van der Waals surface area contributed by atoms with Gasteiger partial charge in [0, 0.05) is 23.0 Å². The Labute approximate surface area is 220 Å². The van der Waals surface area contributed by atoms with Crippen LogP contribution in [0.2, 0.25) is 0 Å². The van der Waals surface area contributed by atoms with E-state index in [-0.39, 0.29) is 29.3 Å². The van der Waals surface area contributed by atoms with E-state index in [1.807, 2.05) is 36.9 Å². The van der Waals surface area contributed by atoms with Crippen LogP contribution in [0.1, 0.15) is 54.6 Å². The molecule has 0 aliphatic carbocycles. The van der Waals surface area contributed by atoms with Gasteiger partial charge >= 0.3 is 6.18 Å². The molecular weight excluding hydrogens is 503 g/mol. The molecule has 1 aromatic heterocycles. The maximum absolute atomic E-state index is 13.4. The van der Waals surface area contributed by atoms with Gasteiger partial charge in [-0.05, 0) is 82.4 Å². The fourth-order valence-electron chi connectivity index (χ4n) is 5.70. The van der Waals surface area contributed by atoms with Crippen LogP contribution in [0.3, 0.4) is 0 Å². The number of nitrogens with one attached hydrogen (secondary N) is 2. The highest BCUT2D eigenvalue weighted by Gasteiger charge is 2.47. The lowest BCUT2D eigenvalue weighted by molar-refractivity contribution is -0.138. The maximum atomic E-state index is 13.4. The number of hydrogen-bond donors (Lipinski definition) is 2. The van der Waals surface area contributed by atoms with Crippen LogP contribution in [0.25, 0.3) is 10.8 Å². The molecule has 0 radical (unpaired) electrons. The maximum Gasteiger partial charge on any atom is 0.416 e. The number of amides is 1. The largest absolute Gasteiger partial charge is 0.416 e. The van der Waals surface area contributed by atoms with Gasteiger partial charge in [0.25, 0.3) is 0 Å². The lowest BCUT2D eigenvalue weighted by Gasteiger charge is -2.32. The van der Waals surface area contributed by atoms with Gasteiger partial charge in [0.2, 0.25) is 5.91 Å². The number of carbonyl (C=O) groups is 1. The Morgan fingerprint density at radius 3 is 2.49 bits per heavy atom. The number of alkyl halides is 3. The van der Waals surface area contributed by atoms with Crippen molar-refractivity contribution in [3.05, 3.63) is 58.8 Å². The number of piperidine rings is 1. The van der Waals surface area contributed by atoms with E-state index in [1.165, 1.54) is 13.0 Å². The third-order valence-electron chi connectivity index (χ3n) is 7.83. The lowest BCUT2D eigenvalue weighted by atomic mass is 9.77. The Morgan fingerprint density at radius 1 is 1.05 bits per heavy atom. The van der Waals surface area contributed by atoms with Crippen molar-refractivity contribution in [3.63, 3.8) is 0 Å². The molecule has 2 aliphatic rings. The molecule has 2 N–H and O–H groups in total. The van der Waals surface area contributed by atoms with Gasteiger partial charge in [-0.25, -0.2) is 0 Å². The van der Waals surface area contributed by atoms with Crippen molar-refractivity contribution in [2.24, 2.45) is 5.41 Å². The van der Waals surface area contributed by atoms with Crippen LogP contribution in [0.15, 0.2) is 36.4 Å². The highest BCUT2D eigenvalue weighted by atomic mass is 35.5. The van der Waals surface area contributed by atoms with E-state index in [0.29, 0.717) is 17.9 Å². The van der Waals surface area contributed by atoms with E-state index in [0.717, 1.165) is 60.6 Å². The monoisotopic (exact) mass is 533 g/mol. The first kappa shape index (κ1) is 27.1. The Kier molecular flexibility index (Phi) is 7.41. The van der Waals surface area contributed by atoms with Crippen molar-refractivity contribution < 1.29 is 18.0 Å². The molecule has 2 aromatic carbocycles. The van der Waals surface area contributed by atoms with Gasteiger partial charge in [-0.2, -0.15) is 18.3 Å². The number of aromatic nitrogens is 2. The first-order valence-corrected chi connectivity index (χ1v) is 12.3. The van der Waals surface area contributed by atoms with Crippen LogP contribution >= 0.6 is 12.4 Å². The molecule has 2 fully saturated rings. The number of hydrogen-bond acceptors (Lipinski definition) is 5. The summed E-state index contributed by atoms with van der Waals surface area (Å²) in [4.78, 5) is 15.3. The fraction of sp³-hybridized carbons (Fsp3) is 0.444. The van der Waals surface area contributed by atoms with Crippen molar-refractivity contribution in [1.29, 1.82) is 0 Å². The zero-order valence-electron chi connectivity index (χ0n) is 21.1. The topological polar surface area (TPSA) is 70.2 Å². The van der Waals surface area contributed by atoms with Gasteiger partial charge in [-0.15, -0.1) is 17.5 Å². The van der Waals surface area contributed by atoms with Crippen molar-refractivity contribution in [1.82, 2.24) is 15.5 Å². The van der Waals surface area contributed by atoms with Crippen LogP contribution in [-0.2, 0) is 11.0 Å². The van der Waals surface area contributed by atoms with E-state index < -0.39 is 17.8 Å². The second kappa shape index (κ2) is 10.1. The Balaban J connectivity index is 0.00000320. The highest BCUT2D eigenvalue weighted by Crippen LogP contribution is 2.43. The summed E-state index contributed by atoms with van der Waals surface area (Å²) in [7, 11) is 0. The molecule has 5 rings (SSSR count). The zero-order valence-corrected chi connectivity index (χ0v) is 21.9. The number of anilines is 2. The molecule has 1 amide bonds. The van der Waals surface area contributed by atoms with Crippen LogP contribution in [0.4, 0.5) is 24.7 Å². The molecule has 3 aromatic rings. The first-order valence-electron chi connectivity index (χ1n) is 12.3. The van der Waals surface area contributed by atoms with E-state index in [1.54, 1.807) is 6.07 Å². The number of nitrogens with zero attached hydrogens (tertiary/aromatic N) is 3. The summed E-state index contributed by atoms with van der Waals surface area (Å²) in [5.41, 5.74) is 1.34. The number of aryl methyl sites for hydroxylation is 1. The third kappa shape index (κ3) is 4.86. The number of halogens is 4. The molecular formula is C27H31ClF3N5O. The zero-order chi connectivity index (χ0) is 25.7. The first-order chi connectivity index (χ1) is 17.1. The minimum absolute atomic E-state index is 0. The summed E-state index contributed by atoms with van der Waals surface area (Å²) in [5, 5.41) is 16.9. The second-order valence-electron chi connectivity index (χ2n) is 9.98. The average Bonchev–Trinajstić information content (AvgIpc) is 3.15. The van der Waals surface area contributed by atoms with E-state index in [4.69, 9.17) is 0 Å². The number of fused-ring (bicyclic) bond motifs is 1. The molecule has 1 atom stereocenters. The second-order valence-corrected chi connectivity index (χ2v) is 9.98. The molecule has 37 heavy (non-hydrogen) atoms. The Morgan fingerprint density at radius 2 is 1.78 bits per heavy atom. The molecule has 2 saturated heterocycles. The van der Waals surface area contributed by atoms with Crippen molar-refractivity contribution >= 4 is 40.6 Å². The average molecular weight is 534 g/mol. The summed E-state index contributed by atoms with van der Waals surface area (Å²) in [5.74, 6) is 0.648. The molecule has 1 spiro atoms. The van der Waals surface area contributed by atoms with Crippen LogP contribution < -0.4 is 15.5 Å². The smallest absolute Gasteiger partial charge is 0.362 e. The van der Waals surface area contributed by atoms with Gasteiger partial charge in [0.1, 0.15) is 0 Å². The lowest BCUT2D eigenvalue weighted by Crippen LogP contribution is -2.42. The van der Waals surface area contributed by atoms with Gasteiger partial charge < -0.3 is 15.5 Å². The van der Waals surface area contributed by atoms with Gasteiger partial charge in [-0.1, -0.05) is 18.2 Å². The van der Waals surface area contributed by atoms with E-state index in [2.05, 4.69) is 20.8 Å². The van der Waals surface area contributed by atoms with Gasteiger partial charge in [-0.3, -0.25) is 4.79 Å². The summed E-state index contributed by atoms with van der Waals surface area (Å²) in [6, 6.07) is 9.61. The van der Waals surface area contributed by atoms with Crippen molar-refractivity contribution in [2.75, 3.05) is 29.9 Å². The summed E-state index contributed by atoms with van der Waals surface area (Å²) in [6.07, 6.45) is -1.88. The Bertz CT molecular complexity index is 1320. The standard InChI is InChI=1S/C27H30F3N5O.ClH/c1-16-20(5-4-6-23(16)27(28,29)30)17(2)32-24-22-15-19(7-8-21(22)18(3)33-34-24)35-14-11-26(25(35)36)9-12-31-13-10-26;/h4-8,15,17,31H,9-14H2,1-3H3,(H,32,34);1H. The molecule has 0 saturated carbocycles. The summed E-state index contributed by atoms with van der Waals surface area (Å²) in [6.45, 7) is 7.54. The SMILES string of the molecule is Cc1c(C(C)Nc2nnc(C)c3ccc(N4CCC5(CCNCC5)C4=O)cc23)cccc1C(F)(F)F.Cl. The molecule has 3 heterocycles. The minimum atomic E-state index is -4.42. The van der Waals surface area contributed by atoms with Gasteiger partial charge in [0.05, 0.1) is 22.7 Å². The van der Waals surface area contributed by atoms with Gasteiger partial charge in [0.15, 0.2) is 5.82 Å². The van der Waals surface area contributed by atoms with Crippen LogP contribution in [0, 0.1) is 19.3 Å². The Hall–Kier alpha value is -2.91. The molecule has 6 nitrogen and oxygen atoms in total. The van der Waals surface area contributed by atoms with E-state index >= 15 is 0 Å². The van der Waals surface area contributed by atoms with Crippen molar-refractivity contribution in [3.8, 4) is 0 Å².